The van der Waals surface area contributed by atoms with Crippen LogP contribution in [-0.2, 0) is 0 Å². The predicted octanol–water partition coefficient (Wildman–Crippen LogP) is 1.17. The van der Waals surface area contributed by atoms with Gasteiger partial charge in [-0.15, -0.1) is 5.10 Å². The summed E-state index contributed by atoms with van der Waals surface area (Å²) in [6.45, 7) is 1.54. The molecule has 1 aromatic heterocycles. The molecule has 0 amide bonds. The van der Waals surface area contributed by atoms with Crippen LogP contribution in [0.5, 0.6) is 5.75 Å². The van der Waals surface area contributed by atoms with E-state index in [0.717, 1.165) is 23.5 Å². The van der Waals surface area contributed by atoms with E-state index in [9.17, 15) is 0 Å². The number of hydrogen-bond donors (Lipinski definition) is 1. The van der Waals surface area contributed by atoms with Gasteiger partial charge in [0.05, 0.1) is 12.2 Å². The van der Waals surface area contributed by atoms with E-state index >= 15 is 0 Å². The van der Waals surface area contributed by atoms with Gasteiger partial charge in [0.2, 0.25) is 0 Å². The fourth-order valence-corrected chi connectivity index (χ4v) is 2.02. The maximum Gasteiger partial charge on any atom is 0.190 e. The number of H-pyrrole nitrogens is 1. The number of anilines is 1. The topological polar surface area (TPSA) is 77.8 Å². The summed E-state index contributed by atoms with van der Waals surface area (Å²) >= 11 is 0. The van der Waals surface area contributed by atoms with Crippen molar-refractivity contribution in [2.45, 2.75) is 0 Å². The van der Waals surface area contributed by atoms with Crippen molar-refractivity contribution < 1.29 is 4.74 Å². The average Bonchev–Trinajstić information content (AvgIpc) is 2.87. The fraction of sp³-hybridized carbons (Fsp3) is 0.250. The van der Waals surface area contributed by atoms with Crippen molar-refractivity contribution in [2.75, 3.05) is 25.1 Å². The van der Waals surface area contributed by atoms with Gasteiger partial charge in [-0.2, -0.15) is 15.6 Å². The minimum Gasteiger partial charge on any atom is -0.490 e. The number of fused-ring (bicyclic) bond motifs is 1. The van der Waals surface area contributed by atoms with E-state index < -0.39 is 0 Å². The van der Waals surface area contributed by atoms with Crippen molar-refractivity contribution in [1.82, 2.24) is 15.4 Å². The van der Waals surface area contributed by atoms with Gasteiger partial charge in [-0.1, -0.05) is 6.07 Å². The van der Waals surface area contributed by atoms with Crippen molar-refractivity contribution in [3.63, 3.8) is 0 Å². The fourth-order valence-electron chi connectivity index (χ4n) is 2.02. The molecular weight excluding hydrogens is 230 g/mol. The molecule has 0 spiro atoms. The minimum atomic E-state index is 0.291. The third kappa shape index (κ3) is 1.57. The molecule has 3 rings (SSSR count). The first-order valence-corrected chi connectivity index (χ1v) is 5.59. The van der Waals surface area contributed by atoms with Crippen LogP contribution in [0.3, 0.4) is 0 Å². The van der Waals surface area contributed by atoms with Crippen LogP contribution in [0.4, 0.5) is 5.69 Å². The first-order valence-electron chi connectivity index (χ1n) is 5.59. The van der Waals surface area contributed by atoms with Crippen molar-refractivity contribution in [1.29, 1.82) is 5.26 Å². The molecule has 6 heteroatoms. The molecule has 0 unspecified atom stereocenters. The molecule has 0 fully saturated rings. The van der Waals surface area contributed by atoms with E-state index in [4.69, 9.17) is 10.00 Å². The summed E-state index contributed by atoms with van der Waals surface area (Å²) < 4.78 is 5.62. The monoisotopic (exact) mass is 241 g/mol. The smallest absolute Gasteiger partial charge is 0.190 e. The lowest BCUT2D eigenvalue weighted by molar-refractivity contribution is 0.311. The quantitative estimate of drug-likeness (QED) is 0.810. The highest BCUT2D eigenvalue weighted by Crippen LogP contribution is 2.34. The zero-order valence-electron chi connectivity index (χ0n) is 9.84. The maximum absolute atomic E-state index is 8.94. The number of nitrogens with zero attached hydrogens (tertiary/aromatic N) is 4. The van der Waals surface area contributed by atoms with Gasteiger partial charge in [-0.25, -0.2) is 0 Å². The Morgan fingerprint density at radius 3 is 3.17 bits per heavy atom. The summed E-state index contributed by atoms with van der Waals surface area (Å²) in [4.78, 5) is 2.14. The number of nitriles is 1. The largest absolute Gasteiger partial charge is 0.490 e. The van der Waals surface area contributed by atoms with Gasteiger partial charge >= 0.3 is 0 Å². The van der Waals surface area contributed by atoms with Crippen molar-refractivity contribution in [3.05, 3.63) is 23.9 Å². The number of benzene rings is 1. The highest BCUT2D eigenvalue weighted by atomic mass is 16.5. The van der Waals surface area contributed by atoms with E-state index in [-0.39, 0.29) is 0 Å². The number of likely N-dealkylation sites (N-methyl/N-ethyl adjacent to an activating group) is 1. The van der Waals surface area contributed by atoms with Crippen LogP contribution in [0.25, 0.3) is 11.3 Å². The van der Waals surface area contributed by atoms with E-state index in [1.807, 2.05) is 31.3 Å². The average molecular weight is 241 g/mol. The third-order valence-electron chi connectivity index (χ3n) is 2.98. The molecule has 2 heterocycles. The van der Waals surface area contributed by atoms with Gasteiger partial charge in [0.25, 0.3) is 0 Å². The number of hydrogen-bond acceptors (Lipinski definition) is 5. The maximum atomic E-state index is 8.94. The Bertz CT molecular complexity index is 628. The predicted molar refractivity (Wildman–Crippen MR) is 65.3 cm³/mol. The second kappa shape index (κ2) is 4.04. The second-order valence-electron chi connectivity index (χ2n) is 4.09. The molecule has 18 heavy (non-hydrogen) atoms. The molecule has 1 aliphatic rings. The van der Waals surface area contributed by atoms with Crippen LogP contribution in [0.15, 0.2) is 18.2 Å². The number of aromatic nitrogens is 3. The molecule has 0 bridgehead atoms. The SMILES string of the molecule is CN1CCOc2cc(-c3n[nH]nc3C#N)ccc21. The zero-order valence-corrected chi connectivity index (χ0v) is 9.84. The van der Waals surface area contributed by atoms with Crippen LogP contribution < -0.4 is 9.64 Å². The zero-order chi connectivity index (χ0) is 12.5. The summed E-state index contributed by atoms with van der Waals surface area (Å²) in [6, 6.07) is 7.79. The lowest BCUT2D eigenvalue weighted by Crippen LogP contribution is -2.28. The molecule has 6 nitrogen and oxygen atoms in total. The Hall–Kier alpha value is -2.55. The lowest BCUT2D eigenvalue weighted by atomic mass is 10.1. The van der Waals surface area contributed by atoms with Crippen LogP contribution in [0.1, 0.15) is 5.69 Å². The van der Waals surface area contributed by atoms with E-state index in [1.54, 1.807) is 0 Å². The molecule has 2 aromatic rings. The highest BCUT2D eigenvalue weighted by Gasteiger charge is 2.17. The third-order valence-corrected chi connectivity index (χ3v) is 2.98. The Morgan fingerprint density at radius 2 is 2.33 bits per heavy atom. The molecule has 0 radical (unpaired) electrons. The van der Waals surface area contributed by atoms with Gasteiger partial charge in [-0.3, -0.25) is 0 Å². The number of aromatic amines is 1. The normalized spacial score (nSPS) is 13.7. The standard InChI is InChI=1S/C12H11N5O/c1-17-4-5-18-11-6-8(2-3-10(11)17)12-9(7-13)14-16-15-12/h2-3,6H,4-5H2,1H3,(H,14,15,16). The molecular formula is C12H11N5O. The first-order chi connectivity index (χ1) is 8.79. The molecule has 90 valence electrons. The van der Waals surface area contributed by atoms with E-state index in [0.29, 0.717) is 18.0 Å². The molecule has 1 aliphatic heterocycles. The minimum absolute atomic E-state index is 0.291. The van der Waals surface area contributed by atoms with Gasteiger partial charge < -0.3 is 9.64 Å². The van der Waals surface area contributed by atoms with Gasteiger partial charge in [0, 0.05) is 12.6 Å². The van der Waals surface area contributed by atoms with Crippen molar-refractivity contribution in [2.24, 2.45) is 0 Å². The Kier molecular flexibility index (Phi) is 2.38. The molecule has 1 aromatic carbocycles. The van der Waals surface area contributed by atoms with Crippen LogP contribution in [0, 0.1) is 11.3 Å². The van der Waals surface area contributed by atoms with Crippen LogP contribution in [-0.4, -0.2) is 35.6 Å². The van der Waals surface area contributed by atoms with Gasteiger partial charge in [-0.05, 0) is 12.1 Å². The second-order valence-corrected chi connectivity index (χ2v) is 4.09. The molecule has 1 N–H and O–H groups in total. The summed E-state index contributed by atoms with van der Waals surface area (Å²) in [7, 11) is 2.03. The Balaban J connectivity index is 2.08. The molecule has 0 saturated carbocycles. The van der Waals surface area contributed by atoms with Crippen molar-refractivity contribution in [3.8, 4) is 23.1 Å². The summed E-state index contributed by atoms with van der Waals surface area (Å²) in [5.74, 6) is 0.813. The molecule has 0 atom stereocenters. The molecule has 0 aliphatic carbocycles. The lowest BCUT2D eigenvalue weighted by Gasteiger charge is -2.27. The Labute approximate surface area is 104 Å². The number of ether oxygens (including phenoxy) is 1. The van der Waals surface area contributed by atoms with Crippen LogP contribution >= 0.6 is 0 Å². The number of rotatable bonds is 1. The van der Waals surface area contributed by atoms with Crippen molar-refractivity contribution >= 4 is 5.69 Å². The Morgan fingerprint density at radius 1 is 1.44 bits per heavy atom. The highest BCUT2D eigenvalue weighted by molar-refractivity contribution is 5.72. The van der Waals surface area contributed by atoms with E-state index in [1.165, 1.54) is 0 Å². The summed E-state index contributed by atoms with van der Waals surface area (Å²) in [5, 5.41) is 19.2. The first kappa shape index (κ1) is 10.6. The summed E-state index contributed by atoms with van der Waals surface area (Å²) in [6.07, 6.45) is 0. The van der Waals surface area contributed by atoms with E-state index in [2.05, 4.69) is 20.3 Å². The van der Waals surface area contributed by atoms with Crippen LogP contribution in [0.2, 0.25) is 0 Å². The van der Waals surface area contributed by atoms with Gasteiger partial charge in [0.15, 0.2) is 5.69 Å². The number of nitrogens with one attached hydrogen (secondary N) is 1. The van der Waals surface area contributed by atoms with Gasteiger partial charge in [0.1, 0.15) is 24.1 Å². The molecule has 0 saturated heterocycles. The summed E-state index contributed by atoms with van der Waals surface area (Å²) in [5.41, 5.74) is 2.72.